The first-order valence-electron chi connectivity index (χ1n) is 7.77. The Morgan fingerprint density at radius 3 is 2.52 bits per heavy atom. The fourth-order valence-corrected chi connectivity index (χ4v) is 3.22. The molecule has 0 aromatic heterocycles. The molecule has 1 unspecified atom stereocenters. The van der Waals surface area contributed by atoms with Crippen LogP contribution in [-0.2, 0) is 4.79 Å². The fraction of sp³-hybridized carbons (Fsp3) is 0.588. The van der Waals surface area contributed by atoms with Crippen molar-refractivity contribution in [2.75, 3.05) is 0 Å². The first-order valence-corrected chi connectivity index (χ1v) is 8.15. The van der Waals surface area contributed by atoms with Crippen molar-refractivity contribution in [2.24, 2.45) is 17.6 Å². The van der Waals surface area contributed by atoms with Crippen LogP contribution < -0.4 is 11.1 Å². The Bertz CT molecular complexity index is 472. The van der Waals surface area contributed by atoms with Gasteiger partial charge in [0.25, 0.3) is 0 Å². The van der Waals surface area contributed by atoms with Gasteiger partial charge in [-0.05, 0) is 42.4 Å². The maximum Gasteiger partial charge on any atom is 0.220 e. The van der Waals surface area contributed by atoms with Gasteiger partial charge in [-0.2, -0.15) is 0 Å². The monoisotopic (exact) mass is 308 g/mol. The highest BCUT2D eigenvalue weighted by atomic mass is 35.5. The van der Waals surface area contributed by atoms with E-state index in [9.17, 15) is 4.79 Å². The smallest absolute Gasteiger partial charge is 0.220 e. The maximum absolute atomic E-state index is 12.3. The predicted molar refractivity (Wildman–Crippen MR) is 87.1 cm³/mol. The molecule has 0 spiro atoms. The highest BCUT2D eigenvalue weighted by molar-refractivity contribution is 6.30. The molecule has 116 valence electrons. The van der Waals surface area contributed by atoms with Gasteiger partial charge in [0, 0.05) is 17.5 Å². The minimum atomic E-state index is 0.0207. The van der Waals surface area contributed by atoms with Gasteiger partial charge in [-0.15, -0.1) is 0 Å². The summed E-state index contributed by atoms with van der Waals surface area (Å²) < 4.78 is 0. The van der Waals surface area contributed by atoms with E-state index < -0.39 is 0 Å². The molecule has 1 saturated carbocycles. The van der Waals surface area contributed by atoms with Gasteiger partial charge in [-0.1, -0.05) is 44.0 Å². The zero-order chi connectivity index (χ0) is 15.4. The predicted octanol–water partition coefficient (Wildman–Crippen LogP) is 3.67. The van der Waals surface area contributed by atoms with Gasteiger partial charge in [-0.3, -0.25) is 4.79 Å². The van der Waals surface area contributed by atoms with Gasteiger partial charge in [0.05, 0.1) is 6.04 Å². The summed E-state index contributed by atoms with van der Waals surface area (Å²) in [5.74, 6) is 0.765. The summed E-state index contributed by atoms with van der Waals surface area (Å²) >= 11 is 5.93. The van der Waals surface area contributed by atoms with Crippen molar-refractivity contribution >= 4 is 17.5 Å². The fourth-order valence-electron chi connectivity index (χ4n) is 3.09. The van der Waals surface area contributed by atoms with Gasteiger partial charge >= 0.3 is 0 Å². The molecule has 0 radical (unpaired) electrons. The molecule has 1 aliphatic carbocycles. The Kier molecular flexibility index (Phi) is 5.65. The molecular weight excluding hydrogens is 284 g/mol. The number of hydrogen-bond donors (Lipinski definition) is 2. The quantitative estimate of drug-likeness (QED) is 0.872. The molecule has 0 bridgehead atoms. The largest absolute Gasteiger partial charge is 0.349 e. The number of benzene rings is 1. The molecule has 3 N–H and O–H groups in total. The molecule has 3 atom stereocenters. The van der Waals surface area contributed by atoms with Gasteiger partial charge < -0.3 is 11.1 Å². The first kappa shape index (κ1) is 16.3. The van der Waals surface area contributed by atoms with Crippen molar-refractivity contribution in [3.63, 3.8) is 0 Å². The van der Waals surface area contributed by atoms with Crippen molar-refractivity contribution < 1.29 is 4.79 Å². The van der Waals surface area contributed by atoms with E-state index in [2.05, 4.69) is 19.2 Å². The van der Waals surface area contributed by atoms with Crippen LogP contribution in [0.15, 0.2) is 24.3 Å². The van der Waals surface area contributed by atoms with Crippen LogP contribution in [0, 0.1) is 11.8 Å². The molecule has 1 aliphatic rings. The molecule has 21 heavy (non-hydrogen) atoms. The van der Waals surface area contributed by atoms with Crippen molar-refractivity contribution in [2.45, 2.75) is 51.6 Å². The van der Waals surface area contributed by atoms with Crippen LogP contribution in [0.1, 0.15) is 51.1 Å². The van der Waals surface area contributed by atoms with Crippen molar-refractivity contribution in [1.29, 1.82) is 0 Å². The third-order valence-corrected chi connectivity index (χ3v) is 4.63. The number of nitrogens with one attached hydrogen (secondary N) is 1. The number of carbonyl (C=O) groups is 1. The highest BCUT2D eigenvalue weighted by Gasteiger charge is 2.27. The second-order valence-corrected chi connectivity index (χ2v) is 6.84. The molecule has 0 aliphatic heterocycles. The van der Waals surface area contributed by atoms with Crippen molar-refractivity contribution in [1.82, 2.24) is 5.32 Å². The SMILES string of the molecule is CC(C)C(NC(=O)C[C@@H]1CCC[C@H]1N)c1ccc(Cl)cc1. The van der Waals surface area contributed by atoms with Gasteiger partial charge in [0.1, 0.15) is 0 Å². The van der Waals surface area contributed by atoms with E-state index in [0.29, 0.717) is 23.3 Å². The normalized spacial score (nSPS) is 23.3. The van der Waals surface area contributed by atoms with Crippen LogP contribution in [0.4, 0.5) is 0 Å². The Balaban J connectivity index is 1.99. The Labute approximate surface area is 132 Å². The number of nitrogens with two attached hydrogens (primary N) is 1. The molecule has 0 heterocycles. The molecule has 3 nitrogen and oxygen atoms in total. The van der Waals surface area contributed by atoms with Crippen molar-refractivity contribution in [3.05, 3.63) is 34.9 Å². The standard InChI is InChI=1S/C17H25ClN2O/c1-11(2)17(12-6-8-14(18)9-7-12)20-16(21)10-13-4-3-5-15(13)19/h6-9,11,13,15,17H,3-5,10,19H2,1-2H3,(H,20,21)/t13-,15+,17?/m0/s1. The second kappa shape index (κ2) is 7.28. The lowest BCUT2D eigenvalue weighted by molar-refractivity contribution is -0.123. The maximum atomic E-state index is 12.3. The molecule has 4 heteroatoms. The van der Waals surface area contributed by atoms with E-state index in [1.54, 1.807) is 0 Å². The van der Waals surface area contributed by atoms with E-state index >= 15 is 0 Å². The molecule has 0 saturated heterocycles. The lowest BCUT2D eigenvalue weighted by Crippen LogP contribution is -2.35. The molecule has 1 amide bonds. The lowest BCUT2D eigenvalue weighted by atomic mass is 9.94. The summed E-state index contributed by atoms with van der Waals surface area (Å²) in [6.07, 6.45) is 3.80. The van der Waals surface area contributed by atoms with Gasteiger partial charge in [-0.25, -0.2) is 0 Å². The summed E-state index contributed by atoms with van der Waals surface area (Å²) in [5.41, 5.74) is 7.15. The Morgan fingerprint density at radius 1 is 1.33 bits per heavy atom. The number of halogens is 1. The zero-order valence-corrected chi connectivity index (χ0v) is 13.6. The number of amides is 1. The van der Waals surface area contributed by atoms with Crippen LogP contribution in [0.5, 0.6) is 0 Å². The Morgan fingerprint density at radius 2 is 2.00 bits per heavy atom. The van der Waals surface area contributed by atoms with Gasteiger partial charge in [0.15, 0.2) is 0 Å². The van der Waals surface area contributed by atoms with Crippen LogP contribution in [0.2, 0.25) is 5.02 Å². The van der Waals surface area contributed by atoms with E-state index in [4.69, 9.17) is 17.3 Å². The van der Waals surface area contributed by atoms with Crippen LogP contribution in [0.25, 0.3) is 0 Å². The highest BCUT2D eigenvalue weighted by Crippen LogP contribution is 2.28. The van der Waals surface area contributed by atoms with Crippen LogP contribution >= 0.6 is 11.6 Å². The van der Waals surface area contributed by atoms with Crippen LogP contribution in [-0.4, -0.2) is 11.9 Å². The average Bonchev–Trinajstić information content (AvgIpc) is 2.82. The molecular formula is C17H25ClN2O. The molecule has 1 aromatic rings. The number of hydrogen-bond acceptors (Lipinski definition) is 2. The van der Waals surface area contributed by atoms with E-state index in [-0.39, 0.29) is 18.0 Å². The van der Waals surface area contributed by atoms with E-state index in [1.165, 1.54) is 0 Å². The summed E-state index contributed by atoms with van der Waals surface area (Å²) in [6.45, 7) is 4.22. The zero-order valence-electron chi connectivity index (χ0n) is 12.8. The second-order valence-electron chi connectivity index (χ2n) is 6.40. The summed E-state index contributed by atoms with van der Waals surface area (Å²) in [4.78, 5) is 12.3. The lowest BCUT2D eigenvalue weighted by Gasteiger charge is -2.24. The molecule has 1 aromatic carbocycles. The number of carbonyl (C=O) groups excluding carboxylic acids is 1. The summed E-state index contributed by atoms with van der Waals surface area (Å²) in [7, 11) is 0. The minimum Gasteiger partial charge on any atom is -0.349 e. The molecule has 2 rings (SSSR count). The Hall–Kier alpha value is -1.06. The average molecular weight is 309 g/mol. The van der Waals surface area contributed by atoms with E-state index in [1.807, 2.05) is 24.3 Å². The topological polar surface area (TPSA) is 55.1 Å². The van der Waals surface area contributed by atoms with Gasteiger partial charge in [0.2, 0.25) is 5.91 Å². The first-order chi connectivity index (χ1) is 9.97. The third-order valence-electron chi connectivity index (χ3n) is 4.38. The summed E-state index contributed by atoms with van der Waals surface area (Å²) in [6, 6.07) is 7.90. The number of rotatable bonds is 5. The molecule has 1 fully saturated rings. The van der Waals surface area contributed by atoms with Crippen molar-refractivity contribution in [3.8, 4) is 0 Å². The minimum absolute atomic E-state index is 0.0207. The third kappa shape index (κ3) is 4.45. The van der Waals surface area contributed by atoms with Crippen LogP contribution in [0.3, 0.4) is 0 Å². The summed E-state index contributed by atoms with van der Waals surface area (Å²) in [5, 5.41) is 3.87. The van der Waals surface area contributed by atoms with E-state index in [0.717, 1.165) is 24.8 Å².